The van der Waals surface area contributed by atoms with E-state index in [9.17, 15) is 9.59 Å². The standard InChI is InChI=1S/C16H18N2O3/c1-10-5-6-12(21-10)7-8-17-15(19)13-9-11-3-2-4-14(11)18-16(13)20/h5-6,9H,2-4,7-8H2,1H3,(H,17,19)(H,18,20). The van der Waals surface area contributed by atoms with Crippen LogP contribution >= 0.6 is 0 Å². The summed E-state index contributed by atoms with van der Waals surface area (Å²) in [5.74, 6) is 1.36. The van der Waals surface area contributed by atoms with Gasteiger partial charge in [0.1, 0.15) is 17.1 Å². The molecule has 5 heteroatoms. The van der Waals surface area contributed by atoms with E-state index in [4.69, 9.17) is 4.42 Å². The molecule has 3 rings (SSSR count). The average molecular weight is 286 g/mol. The minimum absolute atomic E-state index is 0.200. The van der Waals surface area contributed by atoms with Crippen molar-refractivity contribution in [2.24, 2.45) is 0 Å². The molecule has 0 saturated heterocycles. The smallest absolute Gasteiger partial charge is 0.261 e. The van der Waals surface area contributed by atoms with Crippen LogP contribution in [0.4, 0.5) is 0 Å². The number of hydrogen-bond donors (Lipinski definition) is 2. The quantitative estimate of drug-likeness (QED) is 0.899. The van der Waals surface area contributed by atoms with Crippen molar-refractivity contribution in [1.82, 2.24) is 10.3 Å². The second-order valence-corrected chi connectivity index (χ2v) is 5.39. The molecule has 1 amide bonds. The number of amides is 1. The molecule has 2 heterocycles. The van der Waals surface area contributed by atoms with Gasteiger partial charge in [-0.05, 0) is 49.9 Å². The van der Waals surface area contributed by atoms with Crippen molar-refractivity contribution in [3.63, 3.8) is 0 Å². The summed E-state index contributed by atoms with van der Waals surface area (Å²) < 4.78 is 5.44. The van der Waals surface area contributed by atoms with Crippen LogP contribution in [0.1, 0.15) is 39.6 Å². The Morgan fingerprint density at radius 2 is 2.24 bits per heavy atom. The van der Waals surface area contributed by atoms with Crippen molar-refractivity contribution in [2.45, 2.75) is 32.6 Å². The van der Waals surface area contributed by atoms with Crippen LogP contribution in [0.2, 0.25) is 0 Å². The molecule has 0 unspecified atom stereocenters. The number of aromatic amines is 1. The van der Waals surface area contributed by atoms with Crippen LogP contribution in [0.25, 0.3) is 0 Å². The molecule has 2 aromatic rings. The number of carbonyl (C=O) groups is 1. The van der Waals surface area contributed by atoms with Gasteiger partial charge in [0.25, 0.3) is 11.5 Å². The third kappa shape index (κ3) is 2.91. The number of pyridine rings is 1. The Kier molecular flexibility index (Phi) is 3.64. The van der Waals surface area contributed by atoms with E-state index in [1.54, 1.807) is 6.07 Å². The molecule has 110 valence electrons. The Morgan fingerprint density at radius 3 is 3.00 bits per heavy atom. The highest BCUT2D eigenvalue weighted by atomic mass is 16.3. The zero-order valence-electron chi connectivity index (χ0n) is 12.0. The van der Waals surface area contributed by atoms with Gasteiger partial charge in [-0.25, -0.2) is 0 Å². The van der Waals surface area contributed by atoms with Crippen molar-refractivity contribution in [1.29, 1.82) is 0 Å². The van der Waals surface area contributed by atoms with Crippen LogP contribution in [0, 0.1) is 6.92 Å². The van der Waals surface area contributed by atoms with Gasteiger partial charge < -0.3 is 14.7 Å². The molecule has 0 fully saturated rings. The summed E-state index contributed by atoms with van der Waals surface area (Å²) in [5.41, 5.74) is 1.96. The number of H-pyrrole nitrogens is 1. The summed E-state index contributed by atoms with van der Waals surface area (Å²) >= 11 is 0. The molecule has 0 aromatic carbocycles. The van der Waals surface area contributed by atoms with Crippen molar-refractivity contribution in [3.8, 4) is 0 Å². The topological polar surface area (TPSA) is 75.1 Å². The normalized spacial score (nSPS) is 13.2. The van der Waals surface area contributed by atoms with Crippen LogP contribution < -0.4 is 10.9 Å². The highest BCUT2D eigenvalue weighted by Gasteiger charge is 2.17. The molecule has 1 aliphatic rings. The van der Waals surface area contributed by atoms with Gasteiger partial charge in [-0.2, -0.15) is 0 Å². The summed E-state index contributed by atoms with van der Waals surface area (Å²) in [7, 11) is 0. The average Bonchev–Trinajstić information content (AvgIpc) is 3.06. The summed E-state index contributed by atoms with van der Waals surface area (Å²) in [6, 6.07) is 5.51. The van der Waals surface area contributed by atoms with Crippen LogP contribution in [0.3, 0.4) is 0 Å². The molecule has 0 bridgehead atoms. The Labute approximate surface area is 122 Å². The number of aromatic nitrogens is 1. The lowest BCUT2D eigenvalue weighted by Crippen LogP contribution is -2.31. The van der Waals surface area contributed by atoms with E-state index in [0.29, 0.717) is 13.0 Å². The third-order valence-electron chi connectivity index (χ3n) is 3.79. The molecule has 21 heavy (non-hydrogen) atoms. The number of aryl methyl sites for hydroxylation is 3. The van der Waals surface area contributed by atoms with Crippen molar-refractivity contribution in [3.05, 3.63) is 56.9 Å². The molecule has 0 atom stereocenters. The van der Waals surface area contributed by atoms with E-state index < -0.39 is 0 Å². The molecule has 1 aliphatic carbocycles. The minimum atomic E-state index is -0.325. The second kappa shape index (κ2) is 5.60. The number of hydrogen-bond acceptors (Lipinski definition) is 3. The monoisotopic (exact) mass is 286 g/mol. The Hall–Kier alpha value is -2.30. The molecular formula is C16H18N2O3. The van der Waals surface area contributed by atoms with Gasteiger partial charge in [0.05, 0.1) is 0 Å². The van der Waals surface area contributed by atoms with Gasteiger partial charge in [-0.3, -0.25) is 9.59 Å². The maximum absolute atomic E-state index is 12.1. The van der Waals surface area contributed by atoms with E-state index in [-0.39, 0.29) is 17.0 Å². The lowest BCUT2D eigenvalue weighted by molar-refractivity contribution is 0.0952. The highest BCUT2D eigenvalue weighted by molar-refractivity contribution is 5.94. The number of furan rings is 1. The number of rotatable bonds is 4. The molecule has 2 aromatic heterocycles. The van der Waals surface area contributed by atoms with E-state index in [1.165, 1.54) is 0 Å². The first kappa shape index (κ1) is 13.7. The fourth-order valence-corrected chi connectivity index (χ4v) is 2.70. The summed E-state index contributed by atoms with van der Waals surface area (Å²) in [6.07, 6.45) is 3.47. The van der Waals surface area contributed by atoms with Gasteiger partial charge in [0, 0.05) is 18.7 Å². The van der Waals surface area contributed by atoms with Crippen LogP contribution in [0.15, 0.2) is 27.4 Å². The second-order valence-electron chi connectivity index (χ2n) is 5.39. The summed E-state index contributed by atoms with van der Waals surface area (Å²) in [6.45, 7) is 2.33. The maximum atomic E-state index is 12.1. The SMILES string of the molecule is Cc1ccc(CCNC(=O)c2cc3c([nH]c2=O)CCC3)o1. The first-order chi connectivity index (χ1) is 10.1. The number of carbonyl (C=O) groups excluding carboxylic acids is 1. The maximum Gasteiger partial charge on any atom is 0.261 e. The Morgan fingerprint density at radius 1 is 1.38 bits per heavy atom. The molecule has 0 saturated carbocycles. The van der Waals surface area contributed by atoms with Gasteiger partial charge in [-0.15, -0.1) is 0 Å². The van der Waals surface area contributed by atoms with E-state index in [0.717, 1.165) is 42.0 Å². The lowest BCUT2D eigenvalue weighted by Gasteiger charge is -2.06. The first-order valence-electron chi connectivity index (χ1n) is 7.22. The van der Waals surface area contributed by atoms with Gasteiger partial charge >= 0.3 is 0 Å². The van der Waals surface area contributed by atoms with E-state index in [1.807, 2.05) is 19.1 Å². The van der Waals surface area contributed by atoms with Crippen molar-refractivity contribution >= 4 is 5.91 Å². The zero-order chi connectivity index (χ0) is 14.8. The van der Waals surface area contributed by atoms with Crippen LogP contribution in [-0.4, -0.2) is 17.4 Å². The fourth-order valence-electron chi connectivity index (χ4n) is 2.70. The largest absolute Gasteiger partial charge is 0.466 e. The number of fused-ring (bicyclic) bond motifs is 1. The van der Waals surface area contributed by atoms with Gasteiger partial charge in [-0.1, -0.05) is 0 Å². The predicted octanol–water partition coefficient (Wildman–Crippen LogP) is 1.74. The van der Waals surface area contributed by atoms with Crippen LogP contribution in [-0.2, 0) is 19.3 Å². The predicted molar refractivity (Wildman–Crippen MR) is 78.6 cm³/mol. The van der Waals surface area contributed by atoms with E-state index in [2.05, 4.69) is 10.3 Å². The molecular weight excluding hydrogens is 268 g/mol. The lowest BCUT2D eigenvalue weighted by atomic mass is 10.1. The molecule has 2 N–H and O–H groups in total. The van der Waals surface area contributed by atoms with Crippen molar-refractivity contribution in [2.75, 3.05) is 6.54 Å². The van der Waals surface area contributed by atoms with Crippen molar-refractivity contribution < 1.29 is 9.21 Å². The fraction of sp³-hybridized carbons (Fsp3) is 0.375. The van der Waals surface area contributed by atoms with Gasteiger partial charge in [0.2, 0.25) is 0 Å². The van der Waals surface area contributed by atoms with E-state index >= 15 is 0 Å². The highest BCUT2D eigenvalue weighted by Crippen LogP contribution is 2.18. The molecule has 0 radical (unpaired) electrons. The summed E-state index contributed by atoms with van der Waals surface area (Å²) in [5, 5.41) is 2.77. The molecule has 0 aliphatic heterocycles. The van der Waals surface area contributed by atoms with Gasteiger partial charge in [0.15, 0.2) is 0 Å². The molecule has 5 nitrogen and oxygen atoms in total. The third-order valence-corrected chi connectivity index (χ3v) is 3.79. The number of nitrogens with one attached hydrogen (secondary N) is 2. The Balaban J connectivity index is 1.64. The molecule has 0 spiro atoms. The van der Waals surface area contributed by atoms with Crippen LogP contribution in [0.5, 0.6) is 0 Å². The zero-order valence-corrected chi connectivity index (χ0v) is 12.0. The Bertz CT molecular complexity index is 727. The minimum Gasteiger partial charge on any atom is -0.466 e. The first-order valence-corrected chi connectivity index (χ1v) is 7.22. The summed E-state index contributed by atoms with van der Waals surface area (Å²) in [4.78, 5) is 26.8.